The molecular formula is C11H17ClN4. The van der Waals surface area contributed by atoms with Crippen LogP contribution in [0.1, 0.15) is 12.6 Å². The number of likely N-dealkylation sites (N-methyl/N-ethyl adjacent to an activating group) is 1. The van der Waals surface area contributed by atoms with Crippen LogP contribution in [0.3, 0.4) is 0 Å². The topological polar surface area (TPSA) is 32.3 Å². The van der Waals surface area contributed by atoms with E-state index < -0.39 is 0 Å². The Labute approximate surface area is 101 Å². The van der Waals surface area contributed by atoms with Crippen LogP contribution < -0.4 is 0 Å². The standard InChI is InChI=1S/C11H17ClN4/c1-9-7-16(4-3-15(9)2)8-10-5-14-11(12)6-13-10/h5-6,9H,3-4,7-8H2,1-2H3. The van der Waals surface area contributed by atoms with Crippen molar-refractivity contribution < 1.29 is 0 Å². The number of rotatable bonds is 2. The fraction of sp³-hybridized carbons (Fsp3) is 0.636. The molecule has 1 aromatic heterocycles. The molecule has 1 aliphatic rings. The smallest absolute Gasteiger partial charge is 0.147 e. The van der Waals surface area contributed by atoms with Gasteiger partial charge in [0.25, 0.3) is 0 Å². The molecule has 1 fully saturated rings. The van der Waals surface area contributed by atoms with Gasteiger partial charge in [0, 0.05) is 32.2 Å². The molecule has 1 aliphatic heterocycles. The van der Waals surface area contributed by atoms with E-state index in [1.165, 1.54) is 0 Å². The Morgan fingerprint density at radius 2 is 2.19 bits per heavy atom. The summed E-state index contributed by atoms with van der Waals surface area (Å²) in [7, 11) is 2.17. The van der Waals surface area contributed by atoms with E-state index in [0.717, 1.165) is 31.9 Å². The van der Waals surface area contributed by atoms with Crippen LogP contribution in [-0.2, 0) is 6.54 Å². The van der Waals surface area contributed by atoms with Gasteiger partial charge in [0.15, 0.2) is 0 Å². The van der Waals surface area contributed by atoms with Gasteiger partial charge in [-0.2, -0.15) is 0 Å². The third-order valence-electron chi connectivity index (χ3n) is 3.10. The van der Waals surface area contributed by atoms with E-state index in [9.17, 15) is 0 Å². The van der Waals surface area contributed by atoms with Crippen LogP contribution in [-0.4, -0.2) is 52.5 Å². The molecule has 88 valence electrons. The van der Waals surface area contributed by atoms with Crippen LogP contribution in [0.25, 0.3) is 0 Å². The number of halogens is 1. The number of hydrogen-bond acceptors (Lipinski definition) is 4. The normalized spacial score (nSPS) is 23.6. The number of hydrogen-bond donors (Lipinski definition) is 0. The zero-order valence-electron chi connectivity index (χ0n) is 9.73. The Bertz CT molecular complexity index is 340. The van der Waals surface area contributed by atoms with Crippen molar-refractivity contribution >= 4 is 11.6 Å². The first-order chi connectivity index (χ1) is 7.65. The summed E-state index contributed by atoms with van der Waals surface area (Å²) in [5, 5.41) is 0.454. The van der Waals surface area contributed by atoms with Crippen LogP contribution in [0.15, 0.2) is 12.4 Å². The fourth-order valence-corrected chi connectivity index (χ4v) is 2.01. The molecule has 1 atom stereocenters. The van der Waals surface area contributed by atoms with Crippen molar-refractivity contribution in [2.24, 2.45) is 0 Å². The van der Waals surface area contributed by atoms with E-state index >= 15 is 0 Å². The first-order valence-electron chi connectivity index (χ1n) is 5.54. The molecule has 16 heavy (non-hydrogen) atoms. The molecule has 0 N–H and O–H groups in total. The van der Waals surface area contributed by atoms with Crippen molar-refractivity contribution in [2.75, 3.05) is 26.7 Å². The highest BCUT2D eigenvalue weighted by Crippen LogP contribution is 2.10. The molecule has 0 saturated carbocycles. The maximum absolute atomic E-state index is 5.70. The fourth-order valence-electron chi connectivity index (χ4n) is 1.92. The predicted molar refractivity (Wildman–Crippen MR) is 64.4 cm³/mol. The van der Waals surface area contributed by atoms with Crippen LogP contribution in [0.5, 0.6) is 0 Å². The minimum absolute atomic E-state index is 0.454. The maximum atomic E-state index is 5.70. The summed E-state index contributed by atoms with van der Waals surface area (Å²) in [5.74, 6) is 0. The average Bonchev–Trinajstić information content (AvgIpc) is 2.27. The van der Waals surface area contributed by atoms with Crippen LogP contribution in [0.2, 0.25) is 5.15 Å². The van der Waals surface area contributed by atoms with E-state index in [0.29, 0.717) is 11.2 Å². The number of nitrogens with zero attached hydrogens (tertiary/aromatic N) is 4. The molecule has 0 aromatic carbocycles. The molecule has 0 amide bonds. The van der Waals surface area contributed by atoms with Gasteiger partial charge in [0.2, 0.25) is 0 Å². The van der Waals surface area contributed by atoms with E-state index in [-0.39, 0.29) is 0 Å². The molecular weight excluding hydrogens is 224 g/mol. The second kappa shape index (κ2) is 5.08. The summed E-state index contributed by atoms with van der Waals surface area (Å²) >= 11 is 5.70. The molecule has 4 nitrogen and oxygen atoms in total. The van der Waals surface area contributed by atoms with Crippen LogP contribution >= 0.6 is 11.6 Å². The third kappa shape index (κ3) is 2.90. The monoisotopic (exact) mass is 240 g/mol. The predicted octanol–water partition coefficient (Wildman–Crippen LogP) is 1.27. The second-order valence-electron chi connectivity index (χ2n) is 4.40. The second-order valence-corrected chi connectivity index (χ2v) is 4.78. The number of piperazine rings is 1. The average molecular weight is 241 g/mol. The molecule has 0 aliphatic carbocycles. The van der Waals surface area contributed by atoms with Gasteiger partial charge in [0.1, 0.15) is 5.15 Å². The first kappa shape index (κ1) is 11.8. The Kier molecular flexibility index (Phi) is 3.74. The third-order valence-corrected chi connectivity index (χ3v) is 3.30. The summed E-state index contributed by atoms with van der Waals surface area (Å²) in [6.45, 7) is 6.40. The molecule has 5 heteroatoms. The lowest BCUT2D eigenvalue weighted by atomic mass is 10.2. The van der Waals surface area contributed by atoms with Gasteiger partial charge in [-0.05, 0) is 14.0 Å². The lowest BCUT2D eigenvalue weighted by Gasteiger charge is -2.37. The maximum Gasteiger partial charge on any atom is 0.147 e. The van der Waals surface area contributed by atoms with Gasteiger partial charge in [-0.15, -0.1) is 0 Å². The van der Waals surface area contributed by atoms with Crippen LogP contribution in [0, 0.1) is 0 Å². The molecule has 2 rings (SSSR count). The van der Waals surface area contributed by atoms with E-state index in [2.05, 4.69) is 33.7 Å². The van der Waals surface area contributed by atoms with Gasteiger partial charge >= 0.3 is 0 Å². The zero-order valence-corrected chi connectivity index (χ0v) is 10.5. The Hall–Kier alpha value is -0.710. The summed E-state index contributed by atoms with van der Waals surface area (Å²) in [6.07, 6.45) is 3.36. The Balaban J connectivity index is 1.93. The minimum atomic E-state index is 0.454. The summed E-state index contributed by atoms with van der Waals surface area (Å²) in [5.41, 5.74) is 0.987. The van der Waals surface area contributed by atoms with Crippen molar-refractivity contribution in [1.29, 1.82) is 0 Å². The van der Waals surface area contributed by atoms with E-state index in [1.807, 2.05) is 0 Å². The van der Waals surface area contributed by atoms with Gasteiger partial charge in [-0.25, -0.2) is 4.98 Å². The van der Waals surface area contributed by atoms with E-state index in [4.69, 9.17) is 11.6 Å². The lowest BCUT2D eigenvalue weighted by molar-refractivity contribution is 0.0990. The first-order valence-corrected chi connectivity index (χ1v) is 5.92. The van der Waals surface area contributed by atoms with Gasteiger partial charge < -0.3 is 4.90 Å². The molecule has 1 unspecified atom stereocenters. The Morgan fingerprint density at radius 1 is 1.38 bits per heavy atom. The molecule has 0 radical (unpaired) electrons. The van der Waals surface area contributed by atoms with E-state index in [1.54, 1.807) is 12.4 Å². The SMILES string of the molecule is CC1CN(Cc2cnc(Cl)cn2)CCN1C. The summed E-state index contributed by atoms with van der Waals surface area (Å²) < 4.78 is 0. The molecule has 1 saturated heterocycles. The lowest BCUT2D eigenvalue weighted by Crippen LogP contribution is -2.49. The van der Waals surface area contributed by atoms with Crippen molar-refractivity contribution in [2.45, 2.75) is 19.5 Å². The molecule has 0 bridgehead atoms. The minimum Gasteiger partial charge on any atom is -0.301 e. The zero-order chi connectivity index (χ0) is 11.5. The van der Waals surface area contributed by atoms with Crippen LogP contribution in [0.4, 0.5) is 0 Å². The van der Waals surface area contributed by atoms with Gasteiger partial charge in [0.05, 0.1) is 18.1 Å². The highest BCUT2D eigenvalue weighted by Gasteiger charge is 2.20. The molecule has 0 spiro atoms. The van der Waals surface area contributed by atoms with Crippen molar-refractivity contribution in [1.82, 2.24) is 19.8 Å². The van der Waals surface area contributed by atoms with Crippen molar-refractivity contribution in [3.63, 3.8) is 0 Å². The molecule has 1 aromatic rings. The van der Waals surface area contributed by atoms with Gasteiger partial charge in [-0.3, -0.25) is 9.88 Å². The van der Waals surface area contributed by atoms with Crippen molar-refractivity contribution in [3.8, 4) is 0 Å². The highest BCUT2D eigenvalue weighted by molar-refractivity contribution is 6.29. The Morgan fingerprint density at radius 3 is 2.81 bits per heavy atom. The summed E-state index contributed by atoms with van der Waals surface area (Å²) in [4.78, 5) is 13.1. The summed E-state index contributed by atoms with van der Waals surface area (Å²) in [6, 6.07) is 0.606. The molecule has 2 heterocycles. The quantitative estimate of drug-likeness (QED) is 0.779. The van der Waals surface area contributed by atoms with Crippen molar-refractivity contribution in [3.05, 3.63) is 23.2 Å². The van der Waals surface area contributed by atoms with Gasteiger partial charge in [-0.1, -0.05) is 11.6 Å². The largest absolute Gasteiger partial charge is 0.301 e. The highest BCUT2D eigenvalue weighted by atomic mass is 35.5. The number of aromatic nitrogens is 2.